The van der Waals surface area contributed by atoms with Gasteiger partial charge in [-0.3, -0.25) is 4.98 Å². The first kappa shape index (κ1) is 15.2. The van der Waals surface area contributed by atoms with Crippen molar-refractivity contribution in [2.24, 2.45) is 0 Å². The van der Waals surface area contributed by atoms with Crippen molar-refractivity contribution in [3.05, 3.63) is 42.1 Å². The molecule has 1 fully saturated rings. The lowest BCUT2D eigenvalue weighted by atomic mass is 9.97. The molecular weight excluding hydrogens is 296 g/mol. The topological polar surface area (TPSA) is 24.9 Å². The molecule has 1 aromatic heterocycles. The van der Waals surface area contributed by atoms with Crippen LogP contribution >= 0.6 is 23.5 Å². The lowest BCUT2D eigenvalue weighted by Crippen LogP contribution is -2.37. The van der Waals surface area contributed by atoms with Crippen molar-refractivity contribution in [1.82, 2.24) is 10.3 Å². The predicted molar refractivity (Wildman–Crippen MR) is 96.3 cm³/mol. The molecule has 0 bridgehead atoms. The number of aromatic nitrogens is 1. The van der Waals surface area contributed by atoms with E-state index in [-0.39, 0.29) is 0 Å². The van der Waals surface area contributed by atoms with Crippen molar-refractivity contribution in [2.75, 3.05) is 18.6 Å². The molecule has 2 nitrogen and oxygen atoms in total. The summed E-state index contributed by atoms with van der Waals surface area (Å²) in [4.78, 5) is 4.64. The fraction of sp³-hybridized carbons (Fsp3) is 0.471. The van der Waals surface area contributed by atoms with Gasteiger partial charge < -0.3 is 5.32 Å². The third-order valence-corrected chi connectivity index (χ3v) is 7.48. The third-order valence-electron chi connectivity index (χ3n) is 4.13. The number of hydrogen-bond acceptors (Lipinski definition) is 4. The van der Waals surface area contributed by atoms with Gasteiger partial charge in [0.05, 0.1) is 5.52 Å². The minimum Gasteiger partial charge on any atom is -0.312 e. The molecule has 2 heterocycles. The zero-order valence-corrected chi connectivity index (χ0v) is 14.2. The van der Waals surface area contributed by atoms with Crippen LogP contribution < -0.4 is 5.32 Å². The van der Waals surface area contributed by atoms with Crippen LogP contribution in [0.15, 0.2) is 36.5 Å². The summed E-state index contributed by atoms with van der Waals surface area (Å²) in [7, 11) is 2.08. The van der Waals surface area contributed by atoms with Crippen molar-refractivity contribution in [3.63, 3.8) is 0 Å². The molecule has 0 saturated carbocycles. The Bertz CT molecular complexity index is 597. The summed E-state index contributed by atoms with van der Waals surface area (Å²) >= 11 is 4.25. The largest absolute Gasteiger partial charge is 0.312 e. The fourth-order valence-electron chi connectivity index (χ4n) is 3.12. The first-order chi connectivity index (χ1) is 10.3. The van der Waals surface area contributed by atoms with Gasteiger partial charge in [-0.1, -0.05) is 31.2 Å². The van der Waals surface area contributed by atoms with Crippen molar-refractivity contribution < 1.29 is 0 Å². The van der Waals surface area contributed by atoms with Gasteiger partial charge in [-0.2, -0.15) is 23.5 Å². The number of pyridine rings is 1. The molecule has 21 heavy (non-hydrogen) atoms. The molecule has 0 spiro atoms. The number of para-hydroxylation sites is 1. The number of hydrogen-bond donors (Lipinski definition) is 1. The summed E-state index contributed by atoms with van der Waals surface area (Å²) in [5, 5.41) is 6.14. The van der Waals surface area contributed by atoms with Gasteiger partial charge in [-0.15, -0.1) is 0 Å². The average Bonchev–Trinajstić information content (AvgIpc) is 2.56. The van der Waals surface area contributed by atoms with Crippen LogP contribution in [0.2, 0.25) is 0 Å². The standard InChI is InChI=1S/C17H22N2S2/c1-3-14-17(21-11-10-20-14)16(18-2)13-8-4-6-12-7-5-9-19-15(12)13/h4-9,14,16-18H,3,10-11H2,1-2H3. The summed E-state index contributed by atoms with van der Waals surface area (Å²) in [6, 6.07) is 11.1. The molecule has 1 N–H and O–H groups in total. The maximum Gasteiger partial charge on any atom is 0.0750 e. The second kappa shape index (κ2) is 7.03. The van der Waals surface area contributed by atoms with Gasteiger partial charge >= 0.3 is 0 Å². The molecule has 2 aromatic rings. The van der Waals surface area contributed by atoms with E-state index >= 15 is 0 Å². The second-order valence-corrected chi connectivity index (χ2v) is 7.97. The van der Waals surface area contributed by atoms with E-state index in [9.17, 15) is 0 Å². The average molecular weight is 319 g/mol. The predicted octanol–water partition coefficient (Wildman–Crippen LogP) is 4.12. The summed E-state index contributed by atoms with van der Waals surface area (Å²) < 4.78 is 0. The van der Waals surface area contributed by atoms with Gasteiger partial charge in [-0.25, -0.2) is 0 Å². The van der Waals surface area contributed by atoms with Crippen molar-refractivity contribution in [2.45, 2.75) is 29.9 Å². The van der Waals surface area contributed by atoms with Gasteiger partial charge in [0.15, 0.2) is 0 Å². The van der Waals surface area contributed by atoms with Crippen LogP contribution in [-0.4, -0.2) is 34.0 Å². The van der Waals surface area contributed by atoms with Crippen LogP contribution in [0.5, 0.6) is 0 Å². The summed E-state index contributed by atoms with van der Waals surface area (Å²) in [5.74, 6) is 2.53. The van der Waals surface area contributed by atoms with Crippen LogP contribution in [0.25, 0.3) is 10.9 Å². The van der Waals surface area contributed by atoms with Gasteiger partial charge in [-0.05, 0) is 25.1 Å². The van der Waals surface area contributed by atoms with E-state index in [2.05, 4.69) is 72.1 Å². The monoisotopic (exact) mass is 318 g/mol. The summed E-state index contributed by atoms with van der Waals surface area (Å²) in [6.07, 6.45) is 3.14. The highest BCUT2D eigenvalue weighted by Crippen LogP contribution is 2.41. The van der Waals surface area contributed by atoms with E-state index in [1.54, 1.807) is 0 Å². The number of benzene rings is 1. The molecule has 3 rings (SSSR count). The Kier molecular flexibility index (Phi) is 5.09. The number of fused-ring (bicyclic) bond motifs is 1. The van der Waals surface area contributed by atoms with E-state index in [1.807, 2.05) is 12.3 Å². The lowest BCUT2D eigenvalue weighted by molar-refractivity contribution is 0.546. The number of nitrogens with one attached hydrogen (secondary N) is 1. The van der Waals surface area contributed by atoms with Gasteiger partial charge in [0.25, 0.3) is 0 Å². The molecule has 0 aliphatic carbocycles. The highest BCUT2D eigenvalue weighted by Gasteiger charge is 2.33. The van der Waals surface area contributed by atoms with Crippen LogP contribution in [0.1, 0.15) is 24.9 Å². The van der Waals surface area contributed by atoms with Gasteiger partial charge in [0.2, 0.25) is 0 Å². The van der Waals surface area contributed by atoms with Gasteiger partial charge in [0.1, 0.15) is 0 Å². The summed E-state index contributed by atoms with van der Waals surface area (Å²) in [6.45, 7) is 2.31. The zero-order chi connectivity index (χ0) is 14.7. The van der Waals surface area contributed by atoms with E-state index in [4.69, 9.17) is 0 Å². The first-order valence-electron chi connectivity index (χ1n) is 7.59. The molecule has 1 aliphatic rings. The van der Waals surface area contributed by atoms with Gasteiger partial charge in [0, 0.05) is 39.6 Å². The third kappa shape index (κ3) is 3.08. The fourth-order valence-corrected chi connectivity index (χ4v) is 6.40. The zero-order valence-electron chi connectivity index (χ0n) is 12.6. The van der Waals surface area contributed by atoms with E-state index < -0.39 is 0 Å². The Morgan fingerprint density at radius 1 is 1.24 bits per heavy atom. The molecule has 1 aromatic carbocycles. The highest BCUT2D eigenvalue weighted by atomic mass is 32.2. The molecule has 3 atom stereocenters. The number of rotatable bonds is 4. The van der Waals surface area contributed by atoms with Crippen molar-refractivity contribution in [3.8, 4) is 0 Å². The Morgan fingerprint density at radius 2 is 2.05 bits per heavy atom. The first-order valence-corrected chi connectivity index (χ1v) is 9.69. The minimum absolute atomic E-state index is 0.367. The van der Waals surface area contributed by atoms with E-state index in [1.165, 1.54) is 28.9 Å². The molecule has 4 heteroatoms. The highest BCUT2D eigenvalue weighted by molar-refractivity contribution is 8.07. The molecule has 3 unspecified atom stereocenters. The van der Waals surface area contributed by atoms with Crippen LogP contribution in [0.4, 0.5) is 0 Å². The van der Waals surface area contributed by atoms with Crippen LogP contribution in [0, 0.1) is 0 Å². The SMILES string of the molecule is CCC1SCCSC1C(NC)c1cccc2cccnc12. The second-order valence-electron chi connectivity index (χ2n) is 5.34. The quantitative estimate of drug-likeness (QED) is 0.916. The van der Waals surface area contributed by atoms with Crippen molar-refractivity contribution >= 4 is 34.4 Å². The van der Waals surface area contributed by atoms with Crippen LogP contribution in [0.3, 0.4) is 0 Å². The van der Waals surface area contributed by atoms with E-state index in [0.29, 0.717) is 11.3 Å². The Labute approximate surface area is 135 Å². The molecule has 1 saturated heterocycles. The minimum atomic E-state index is 0.367. The van der Waals surface area contributed by atoms with Crippen LogP contribution in [-0.2, 0) is 0 Å². The van der Waals surface area contributed by atoms with E-state index in [0.717, 1.165) is 10.8 Å². The molecule has 0 amide bonds. The maximum atomic E-state index is 4.64. The smallest absolute Gasteiger partial charge is 0.0750 e. The molecule has 1 aliphatic heterocycles. The normalized spacial score (nSPS) is 24.1. The number of thioether (sulfide) groups is 2. The lowest BCUT2D eigenvalue weighted by Gasteiger charge is -2.36. The summed E-state index contributed by atoms with van der Waals surface area (Å²) in [5.41, 5.74) is 2.49. The Hall–Kier alpha value is -0.710. The Balaban J connectivity index is 2.01. The maximum absolute atomic E-state index is 4.64. The number of nitrogens with zero attached hydrogens (tertiary/aromatic N) is 1. The Morgan fingerprint density at radius 3 is 2.86 bits per heavy atom. The molecule has 0 radical (unpaired) electrons. The van der Waals surface area contributed by atoms with Crippen molar-refractivity contribution in [1.29, 1.82) is 0 Å². The molecule has 112 valence electrons. The molecular formula is C17H22N2S2.